The van der Waals surface area contributed by atoms with E-state index in [9.17, 15) is 4.79 Å². The number of nitrogens with zero attached hydrogens (tertiary/aromatic N) is 2. The Labute approximate surface area is 101 Å². The fourth-order valence-electron chi connectivity index (χ4n) is 1.38. The number of aromatic carboxylic acids is 1. The van der Waals surface area contributed by atoms with E-state index in [0.29, 0.717) is 15.8 Å². The standard InChI is InChI=1S/C10H6BBrN2O2/c11-7-2-1-3-13-9(7)14-5-6(12)4-8(14)10(15)16/h1-5H,(H,15,16). The van der Waals surface area contributed by atoms with Crippen molar-refractivity contribution in [2.75, 3.05) is 0 Å². The Morgan fingerprint density at radius 1 is 1.56 bits per heavy atom. The van der Waals surface area contributed by atoms with Crippen molar-refractivity contribution in [3.63, 3.8) is 0 Å². The zero-order valence-electron chi connectivity index (χ0n) is 8.09. The van der Waals surface area contributed by atoms with Gasteiger partial charge in [0, 0.05) is 16.9 Å². The summed E-state index contributed by atoms with van der Waals surface area (Å²) in [4.78, 5) is 15.1. The third-order valence-corrected chi connectivity index (χ3v) is 2.48. The van der Waals surface area contributed by atoms with E-state index in [0.717, 1.165) is 0 Å². The molecule has 1 N–H and O–H groups in total. The smallest absolute Gasteiger partial charge is 0.352 e. The average Bonchev–Trinajstić information content (AvgIpc) is 2.61. The first-order valence-electron chi connectivity index (χ1n) is 4.41. The predicted octanol–water partition coefficient (Wildman–Crippen LogP) is 1.13. The molecule has 6 heteroatoms. The number of carbonyl (C=O) groups is 1. The van der Waals surface area contributed by atoms with Crippen LogP contribution in [0.1, 0.15) is 10.5 Å². The normalized spacial score (nSPS) is 10.3. The topological polar surface area (TPSA) is 55.1 Å². The molecule has 4 nitrogen and oxygen atoms in total. The van der Waals surface area contributed by atoms with Gasteiger partial charge in [-0.25, -0.2) is 9.78 Å². The highest BCUT2D eigenvalue weighted by Crippen LogP contribution is 2.17. The molecule has 0 spiro atoms. The van der Waals surface area contributed by atoms with Crippen molar-refractivity contribution < 1.29 is 9.90 Å². The first kappa shape index (κ1) is 10.9. The maximum Gasteiger partial charge on any atom is 0.352 e. The van der Waals surface area contributed by atoms with Crippen LogP contribution in [0.2, 0.25) is 0 Å². The number of pyridine rings is 1. The number of hydrogen-bond donors (Lipinski definition) is 1. The minimum atomic E-state index is -1.03. The Morgan fingerprint density at radius 3 is 2.94 bits per heavy atom. The molecule has 2 aromatic rings. The first-order chi connectivity index (χ1) is 7.59. The van der Waals surface area contributed by atoms with E-state index in [1.165, 1.54) is 10.6 Å². The zero-order chi connectivity index (χ0) is 11.7. The second-order valence-electron chi connectivity index (χ2n) is 3.13. The summed E-state index contributed by atoms with van der Waals surface area (Å²) < 4.78 is 2.09. The van der Waals surface area contributed by atoms with Crippen LogP contribution in [0.15, 0.2) is 35.1 Å². The van der Waals surface area contributed by atoms with E-state index in [1.54, 1.807) is 24.5 Å². The van der Waals surface area contributed by atoms with Crippen LogP contribution in [0.25, 0.3) is 5.82 Å². The van der Waals surface area contributed by atoms with Crippen molar-refractivity contribution >= 4 is 35.2 Å². The molecule has 2 radical (unpaired) electrons. The quantitative estimate of drug-likeness (QED) is 0.837. The summed E-state index contributed by atoms with van der Waals surface area (Å²) in [5, 5.41) is 9.02. The number of aromatic nitrogens is 2. The Hall–Kier alpha value is -1.56. The Kier molecular flexibility index (Phi) is 2.83. The van der Waals surface area contributed by atoms with Crippen molar-refractivity contribution in [3.8, 4) is 5.82 Å². The number of rotatable bonds is 2. The molecule has 0 saturated heterocycles. The molecular weight excluding hydrogens is 271 g/mol. The van der Waals surface area contributed by atoms with Crippen molar-refractivity contribution in [2.24, 2.45) is 0 Å². The molecular formula is C10H6BBrN2O2. The molecule has 78 valence electrons. The molecule has 0 aliphatic heterocycles. The van der Waals surface area contributed by atoms with Crippen molar-refractivity contribution in [1.82, 2.24) is 9.55 Å². The van der Waals surface area contributed by atoms with Crippen LogP contribution in [-0.2, 0) is 0 Å². The van der Waals surface area contributed by atoms with Crippen molar-refractivity contribution in [2.45, 2.75) is 0 Å². The van der Waals surface area contributed by atoms with Gasteiger partial charge in [0.25, 0.3) is 0 Å². The summed E-state index contributed by atoms with van der Waals surface area (Å²) in [6, 6.07) is 4.86. The van der Waals surface area contributed by atoms with Gasteiger partial charge in [0.05, 0.1) is 0 Å². The summed E-state index contributed by atoms with van der Waals surface area (Å²) in [5.41, 5.74) is 0.533. The molecule has 2 aromatic heterocycles. The minimum Gasteiger partial charge on any atom is -0.477 e. The van der Waals surface area contributed by atoms with Crippen LogP contribution in [0.3, 0.4) is 0 Å². The minimum absolute atomic E-state index is 0.109. The van der Waals surface area contributed by atoms with E-state index in [4.69, 9.17) is 13.0 Å². The van der Waals surface area contributed by atoms with Gasteiger partial charge in [-0.1, -0.05) is 11.5 Å². The van der Waals surface area contributed by atoms with E-state index >= 15 is 0 Å². The maximum absolute atomic E-state index is 11.0. The Balaban J connectivity index is 2.64. The molecule has 0 fully saturated rings. The van der Waals surface area contributed by atoms with E-state index in [2.05, 4.69) is 20.9 Å². The molecule has 0 bridgehead atoms. The van der Waals surface area contributed by atoms with Gasteiger partial charge in [-0.15, -0.1) is 0 Å². The SMILES string of the molecule is [B]c1cccnc1-n1cc(Br)cc1C(=O)O. The van der Waals surface area contributed by atoms with Crippen molar-refractivity contribution in [1.29, 1.82) is 0 Å². The third-order valence-electron chi connectivity index (χ3n) is 2.05. The molecule has 0 aliphatic carbocycles. The summed E-state index contributed by atoms with van der Waals surface area (Å²) in [6.45, 7) is 0. The van der Waals surface area contributed by atoms with Gasteiger partial charge in [0.15, 0.2) is 0 Å². The zero-order valence-corrected chi connectivity index (χ0v) is 9.68. The fraction of sp³-hybridized carbons (Fsp3) is 0. The molecule has 0 amide bonds. The summed E-state index contributed by atoms with van der Waals surface area (Å²) in [7, 11) is 5.74. The van der Waals surface area contributed by atoms with Crippen LogP contribution < -0.4 is 5.46 Å². The fourth-order valence-corrected chi connectivity index (χ4v) is 1.80. The molecule has 2 rings (SSSR count). The highest BCUT2D eigenvalue weighted by molar-refractivity contribution is 9.10. The number of hydrogen-bond acceptors (Lipinski definition) is 2. The monoisotopic (exact) mass is 276 g/mol. The first-order valence-corrected chi connectivity index (χ1v) is 5.21. The van der Waals surface area contributed by atoms with Gasteiger partial charge in [-0.05, 0) is 28.1 Å². The van der Waals surface area contributed by atoms with Crippen LogP contribution in [0.5, 0.6) is 0 Å². The highest BCUT2D eigenvalue weighted by Gasteiger charge is 2.14. The lowest BCUT2D eigenvalue weighted by Crippen LogP contribution is -2.17. The number of carboxylic acids is 1. The van der Waals surface area contributed by atoms with E-state index in [-0.39, 0.29) is 5.69 Å². The molecule has 16 heavy (non-hydrogen) atoms. The molecule has 0 aromatic carbocycles. The van der Waals surface area contributed by atoms with Crippen molar-refractivity contribution in [3.05, 3.63) is 40.8 Å². The van der Waals surface area contributed by atoms with Crippen LogP contribution in [0.4, 0.5) is 0 Å². The molecule has 0 aliphatic rings. The van der Waals surface area contributed by atoms with E-state index < -0.39 is 5.97 Å². The predicted molar refractivity (Wildman–Crippen MR) is 63.6 cm³/mol. The largest absolute Gasteiger partial charge is 0.477 e. The van der Waals surface area contributed by atoms with Gasteiger partial charge in [-0.2, -0.15) is 0 Å². The summed E-state index contributed by atoms with van der Waals surface area (Å²) in [6.07, 6.45) is 3.17. The highest BCUT2D eigenvalue weighted by atomic mass is 79.9. The van der Waals surface area contributed by atoms with Gasteiger partial charge >= 0.3 is 5.97 Å². The summed E-state index contributed by atoms with van der Waals surface area (Å²) >= 11 is 3.22. The molecule has 2 heterocycles. The third kappa shape index (κ3) is 1.88. The van der Waals surface area contributed by atoms with Crippen LogP contribution >= 0.6 is 15.9 Å². The van der Waals surface area contributed by atoms with Gasteiger partial charge in [0.1, 0.15) is 19.4 Å². The maximum atomic E-state index is 11.0. The molecule has 0 atom stereocenters. The van der Waals surface area contributed by atoms with Gasteiger partial charge in [0.2, 0.25) is 0 Å². The molecule has 0 unspecified atom stereocenters. The Bertz CT molecular complexity index is 554. The van der Waals surface area contributed by atoms with Gasteiger partial charge in [-0.3, -0.25) is 4.57 Å². The number of halogens is 1. The second kappa shape index (κ2) is 4.13. The van der Waals surface area contributed by atoms with Crippen LogP contribution in [0, 0.1) is 0 Å². The lowest BCUT2D eigenvalue weighted by molar-refractivity contribution is 0.0688. The lowest BCUT2D eigenvalue weighted by atomic mass is 9.97. The Morgan fingerprint density at radius 2 is 2.31 bits per heavy atom. The molecule has 0 saturated carbocycles. The van der Waals surface area contributed by atoms with E-state index in [1.807, 2.05) is 0 Å². The van der Waals surface area contributed by atoms with Gasteiger partial charge < -0.3 is 5.11 Å². The average molecular weight is 277 g/mol. The number of carboxylic acid groups (broad SMARTS) is 1. The summed E-state index contributed by atoms with van der Waals surface area (Å²) in [5.74, 6) is -0.624. The van der Waals surface area contributed by atoms with Crippen LogP contribution in [-0.4, -0.2) is 28.5 Å². The lowest BCUT2D eigenvalue weighted by Gasteiger charge is -2.07. The second-order valence-corrected chi connectivity index (χ2v) is 4.05.